The van der Waals surface area contributed by atoms with E-state index in [4.69, 9.17) is 15.0 Å². The third-order valence-corrected chi connectivity index (χ3v) is 12.3. The first-order chi connectivity index (χ1) is 28.2. The van der Waals surface area contributed by atoms with Gasteiger partial charge in [0.25, 0.3) is 0 Å². The number of hydrogen-bond acceptors (Lipinski definition) is 4. The Morgan fingerprint density at radius 1 is 0.298 bits per heavy atom. The molecule has 4 aromatic heterocycles. The number of thiophene rings is 1. The topological polar surface area (TPSA) is 48.5 Å². The summed E-state index contributed by atoms with van der Waals surface area (Å²) in [5.41, 5.74) is 9.77. The lowest BCUT2D eigenvalue weighted by molar-refractivity contribution is 1.07. The van der Waals surface area contributed by atoms with Gasteiger partial charge in [-0.3, -0.25) is 0 Å². The SMILES string of the molecule is c1ccc(-c2nc(-c3ccc(-n4c5ccccc5c5cc(-n6c7ccccc7c7ccccc76)ccc54)cc3)nc(-c3ccc4sc5ccccc5c4c3)n2)cc1. The summed E-state index contributed by atoms with van der Waals surface area (Å²) >= 11 is 1.81. The summed E-state index contributed by atoms with van der Waals surface area (Å²) in [7, 11) is 0. The molecule has 0 spiro atoms. The van der Waals surface area contributed by atoms with Crippen molar-refractivity contribution in [1.29, 1.82) is 0 Å². The van der Waals surface area contributed by atoms with Crippen LogP contribution in [-0.2, 0) is 0 Å². The van der Waals surface area contributed by atoms with Gasteiger partial charge in [0, 0.05) is 69.8 Å². The molecule has 6 heteroatoms. The van der Waals surface area contributed by atoms with Crippen LogP contribution in [0.25, 0.3) is 109 Å². The number of fused-ring (bicyclic) bond motifs is 9. The zero-order chi connectivity index (χ0) is 37.5. The van der Waals surface area contributed by atoms with E-state index in [2.05, 4.69) is 179 Å². The number of benzene rings is 8. The molecule has 57 heavy (non-hydrogen) atoms. The predicted molar refractivity (Wildman–Crippen MR) is 238 cm³/mol. The molecule has 266 valence electrons. The minimum absolute atomic E-state index is 0.638. The van der Waals surface area contributed by atoms with E-state index in [0.717, 1.165) is 39.1 Å². The van der Waals surface area contributed by atoms with E-state index in [-0.39, 0.29) is 0 Å². The van der Waals surface area contributed by atoms with E-state index < -0.39 is 0 Å². The standard InChI is InChI=1S/C51H31N5S/c1-2-12-32(13-3-1)49-52-50(54-51(53-49)34-24-29-48-42(30-34)40-17-7-11-21-47(40)57-48)33-22-25-35(26-23-33)55-45-20-10-6-16-39(45)41-31-36(27-28-46(41)55)56-43-18-8-4-14-37(43)38-15-5-9-19-44(38)56/h1-31H. The second-order valence-corrected chi connectivity index (χ2v) is 15.5. The molecule has 0 amide bonds. The summed E-state index contributed by atoms with van der Waals surface area (Å²) in [6.45, 7) is 0. The van der Waals surface area contributed by atoms with Gasteiger partial charge in [-0.05, 0) is 84.9 Å². The van der Waals surface area contributed by atoms with Crippen LogP contribution >= 0.6 is 11.3 Å². The fourth-order valence-corrected chi connectivity index (χ4v) is 9.64. The second kappa shape index (κ2) is 12.6. The number of rotatable bonds is 5. The summed E-state index contributed by atoms with van der Waals surface area (Å²) in [6, 6.07) is 66.8. The quantitative estimate of drug-likeness (QED) is 0.176. The average Bonchev–Trinajstić information content (AvgIpc) is 3.94. The molecular weight excluding hydrogens is 715 g/mol. The number of para-hydroxylation sites is 3. The molecule has 0 bridgehead atoms. The Balaban J connectivity index is 0.984. The number of hydrogen-bond donors (Lipinski definition) is 0. The van der Waals surface area contributed by atoms with Crippen molar-refractivity contribution in [2.24, 2.45) is 0 Å². The first-order valence-corrected chi connectivity index (χ1v) is 19.9. The van der Waals surface area contributed by atoms with Gasteiger partial charge in [-0.25, -0.2) is 15.0 Å². The van der Waals surface area contributed by atoms with Crippen molar-refractivity contribution in [3.63, 3.8) is 0 Å². The molecule has 0 aliphatic rings. The summed E-state index contributed by atoms with van der Waals surface area (Å²) in [5, 5.41) is 7.40. The van der Waals surface area contributed by atoms with E-state index >= 15 is 0 Å². The third-order valence-electron chi connectivity index (χ3n) is 11.2. The number of aromatic nitrogens is 5. The lowest BCUT2D eigenvalue weighted by Gasteiger charge is -2.11. The van der Waals surface area contributed by atoms with Crippen molar-refractivity contribution < 1.29 is 0 Å². The van der Waals surface area contributed by atoms with Gasteiger partial charge in [-0.15, -0.1) is 11.3 Å². The Labute approximate surface area is 331 Å². The Hall–Kier alpha value is -7.41. The normalized spacial score (nSPS) is 11.9. The molecule has 5 nitrogen and oxygen atoms in total. The van der Waals surface area contributed by atoms with Crippen LogP contribution in [0.3, 0.4) is 0 Å². The summed E-state index contributed by atoms with van der Waals surface area (Å²) in [5.74, 6) is 1.94. The van der Waals surface area contributed by atoms with E-state index in [1.165, 1.54) is 52.8 Å². The monoisotopic (exact) mass is 745 g/mol. The van der Waals surface area contributed by atoms with Crippen LogP contribution in [0.4, 0.5) is 0 Å². The molecule has 0 aliphatic heterocycles. The van der Waals surface area contributed by atoms with Crippen molar-refractivity contribution in [1.82, 2.24) is 24.1 Å². The van der Waals surface area contributed by atoms with Gasteiger partial charge in [-0.2, -0.15) is 0 Å². The Bertz CT molecular complexity index is 3470. The van der Waals surface area contributed by atoms with Gasteiger partial charge in [0.1, 0.15) is 0 Å². The van der Waals surface area contributed by atoms with Crippen LogP contribution in [0, 0.1) is 0 Å². The molecule has 0 radical (unpaired) electrons. The van der Waals surface area contributed by atoms with Gasteiger partial charge in [0.05, 0.1) is 22.1 Å². The molecule has 8 aromatic carbocycles. The van der Waals surface area contributed by atoms with Crippen LogP contribution in [0.1, 0.15) is 0 Å². The molecule has 12 aromatic rings. The molecule has 0 fully saturated rings. The molecule has 0 aliphatic carbocycles. The molecule has 0 unspecified atom stereocenters. The molecular formula is C51H31N5S. The Morgan fingerprint density at radius 3 is 1.42 bits per heavy atom. The van der Waals surface area contributed by atoms with Crippen LogP contribution in [0.15, 0.2) is 188 Å². The summed E-state index contributed by atoms with van der Waals surface area (Å²) in [6.07, 6.45) is 0. The van der Waals surface area contributed by atoms with Gasteiger partial charge in [0.2, 0.25) is 0 Å². The van der Waals surface area contributed by atoms with Crippen LogP contribution in [0.2, 0.25) is 0 Å². The minimum Gasteiger partial charge on any atom is -0.309 e. The zero-order valence-corrected chi connectivity index (χ0v) is 31.4. The minimum atomic E-state index is 0.638. The predicted octanol–water partition coefficient (Wildman–Crippen LogP) is 13.4. The Kier molecular flexibility index (Phi) is 7.03. The van der Waals surface area contributed by atoms with Crippen molar-refractivity contribution >= 4 is 75.1 Å². The first-order valence-electron chi connectivity index (χ1n) is 19.1. The van der Waals surface area contributed by atoms with Crippen molar-refractivity contribution in [2.75, 3.05) is 0 Å². The van der Waals surface area contributed by atoms with Crippen LogP contribution in [0.5, 0.6) is 0 Å². The second-order valence-electron chi connectivity index (χ2n) is 14.5. The lowest BCUT2D eigenvalue weighted by Crippen LogP contribution is -2.00. The highest BCUT2D eigenvalue weighted by Gasteiger charge is 2.18. The zero-order valence-electron chi connectivity index (χ0n) is 30.5. The van der Waals surface area contributed by atoms with Crippen molar-refractivity contribution in [3.8, 4) is 45.5 Å². The van der Waals surface area contributed by atoms with E-state index in [9.17, 15) is 0 Å². The Morgan fingerprint density at radius 2 is 0.754 bits per heavy atom. The first kappa shape index (κ1) is 31.9. The van der Waals surface area contributed by atoms with Crippen molar-refractivity contribution in [3.05, 3.63) is 188 Å². The maximum absolute atomic E-state index is 5.11. The van der Waals surface area contributed by atoms with Gasteiger partial charge in [-0.1, -0.05) is 103 Å². The van der Waals surface area contributed by atoms with Gasteiger partial charge < -0.3 is 9.13 Å². The molecule has 0 saturated heterocycles. The molecule has 12 rings (SSSR count). The summed E-state index contributed by atoms with van der Waals surface area (Å²) in [4.78, 5) is 15.2. The maximum Gasteiger partial charge on any atom is 0.164 e. The number of nitrogens with zero attached hydrogens (tertiary/aromatic N) is 5. The fraction of sp³-hybridized carbons (Fsp3) is 0. The fourth-order valence-electron chi connectivity index (χ4n) is 8.55. The highest BCUT2D eigenvalue weighted by atomic mass is 32.1. The highest BCUT2D eigenvalue weighted by molar-refractivity contribution is 7.25. The van der Waals surface area contributed by atoms with Gasteiger partial charge in [0.15, 0.2) is 17.5 Å². The molecule has 0 atom stereocenters. The smallest absolute Gasteiger partial charge is 0.164 e. The van der Waals surface area contributed by atoms with Crippen LogP contribution in [-0.4, -0.2) is 24.1 Å². The lowest BCUT2D eigenvalue weighted by atomic mass is 10.1. The van der Waals surface area contributed by atoms with Gasteiger partial charge >= 0.3 is 0 Å². The van der Waals surface area contributed by atoms with Crippen molar-refractivity contribution in [2.45, 2.75) is 0 Å². The van der Waals surface area contributed by atoms with Crippen LogP contribution < -0.4 is 0 Å². The molecule has 0 N–H and O–H groups in total. The highest BCUT2D eigenvalue weighted by Crippen LogP contribution is 2.39. The average molecular weight is 746 g/mol. The molecule has 4 heterocycles. The maximum atomic E-state index is 5.11. The van der Waals surface area contributed by atoms with E-state index in [0.29, 0.717) is 17.5 Å². The van der Waals surface area contributed by atoms with E-state index in [1.54, 1.807) is 0 Å². The molecule has 0 saturated carbocycles. The summed E-state index contributed by atoms with van der Waals surface area (Å²) < 4.78 is 7.27. The van der Waals surface area contributed by atoms with E-state index in [1.807, 2.05) is 29.5 Å². The largest absolute Gasteiger partial charge is 0.309 e. The third kappa shape index (κ3) is 5.04.